The van der Waals surface area contributed by atoms with Gasteiger partial charge in [0.15, 0.2) is 8.32 Å². The second kappa shape index (κ2) is 20.3. The molecular formula is C50H63N5O6Si. The van der Waals surface area contributed by atoms with Crippen LogP contribution in [0.4, 0.5) is 10.5 Å². The second-order valence-corrected chi connectivity index (χ2v) is 23.1. The Hall–Kier alpha value is -5.27. The van der Waals surface area contributed by atoms with Crippen molar-refractivity contribution in [3.63, 3.8) is 0 Å². The molecule has 11 nitrogen and oxygen atoms in total. The number of amides is 2. The highest BCUT2D eigenvalue weighted by Gasteiger charge is 2.40. The number of carbonyl (C=O) groups is 2. The van der Waals surface area contributed by atoms with Gasteiger partial charge < -0.3 is 34.4 Å². The van der Waals surface area contributed by atoms with Gasteiger partial charge in [0.05, 0.1) is 17.3 Å². The predicted molar refractivity (Wildman–Crippen MR) is 250 cm³/mol. The van der Waals surface area contributed by atoms with Gasteiger partial charge in [-0.3, -0.25) is 14.9 Å². The van der Waals surface area contributed by atoms with Gasteiger partial charge in [-0.1, -0.05) is 106 Å². The summed E-state index contributed by atoms with van der Waals surface area (Å²) in [7, 11) is -2.23. The quantitative estimate of drug-likeness (QED) is 0.0722. The third-order valence-corrected chi connectivity index (χ3v) is 17.4. The van der Waals surface area contributed by atoms with Crippen LogP contribution in [-0.2, 0) is 20.6 Å². The molecule has 1 aliphatic carbocycles. The van der Waals surface area contributed by atoms with Crippen LogP contribution >= 0.6 is 0 Å². The van der Waals surface area contributed by atoms with Crippen LogP contribution in [-0.4, -0.2) is 75.1 Å². The number of fused-ring (bicyclic) bond motifs is 1. The number of hydrogen-bond acceptors (Lipinski definition) is 8. The van der Waals surface area contributed by atoms with Crippen molar-refractivity contribution in [3.05, 3.63) is 131 Å². The first kappa shape index (κ1) is 44.8. The number of pyridine rings is 1. The molecule has 5 aromatic rings. The van der Waals surface area contributed by atoms with Crippen molar-refractivity contribution in [1.82, 2.24) is 20.5 Å². The Balaban J connectivity index is 0.886. The number of benzene rings is 4. The Bertz CT molecular complexity index is 2320. The summed E-state index contributed by atoms with van der Waals surface area (Å²) < 4.78 is 19.2. The summed E-state index contributed by atoms with van der Waals surface area (Å²) in [5, 5.41) is 10.8. The third-order valence-electron chi connectivity index (χ3n) is 12.9. The van der Waals surface area contributed by atoms with Gasteiger partial charge in [0, 0.05) is 61.7 Å². The highest BCUT2D eigenvalue weighted by atomic mass is 28.4. The number of likely N-dealkylation sites (tertiary alicyclic amines) is 1. The number of hydrogen-bond donors (Lipinski definition) is 4. The Labute approximate surface area is 367 Å². The second-order valence-electron chi connectivity index (χ2n) is 18.3. The number of nitrogens with one attached hydrogen (secondary N) is 4. The average molecular weight is 858 g/mol. The summed E-state index contributed by atoms with van der Waals surface area (Å²) in [5.74, 6) is 0.674. The molecule has 2 fully saturated rings. The van der Waals surface area contributed by atoms with Crippen molar-refractivity contribution < 1.29 is 23.5 Å². The van der Waals surface area contributed by atoms with Gasteiger partial charge in [0.25, 0.3) is 0 Å². The number of ether oxygens (including phenoxy) is 2. The van der Waals surface area contributed by atoms with E-state index in [4.69, 9.17) is 13.9 Å². The van der Waals surface area contributed by atoms with E-state index in [0.29, 0.717) is 31.0 Å². The number of carbonyl (C=O) groups excluding carboxylic acids is 2. The normalized spacial score (nSPS) is 18.0. The third kappa shape index (κ3) is 11.6. The van der Waals surface area contributed by atoms with Crippen LogP contribution in [0, 0.1) is 5.92 Å². The monoisotopic (exact) mass is 857 g/mol. The molecule has 2 amide bonds. The van der Waals surface area contributed by atoms with E-state index in [1.165, 1.54) is 0 Å². The van der Waals surface area contributed by atoms with Crippen LogP contribution in [0.1, 0.15) is 70.1 Å². The molecule has 1 saturated carbocycles. The van der Waals surface area contributed by atoms with E-state index in [2.05, 4.69) is 65.8 Å². The van der Waals surface area contributed by atoms with Crippen molar-refractivity contribution >= 4 is 36.9 Å². The Morgan fingerprint density at radius 3 is 2.31 bits per heavy atom. The van der Waals surface area contributed by atoms with Crippen molar-refractivity contribution in [2.75, 3.05) is 38.0 Å². The van der Waals surface area contributed by atoms with Gasteiger partial charge in [-0.2, -0.15) is 0 Å². The van der Waals surface area contributed by atoms with Crippen LogP contribution in [0.3, 0.4) is 0 Å². The summed E-state index contributed by atoms with van der Waals surface area (Å²) in [6.07, 6.45) is 3.13. The van der Waals surface area contributed by atoms with E-state index < -0.39 is 14.4 Å². The molecule has 4 N–H and O–H groups in total. The molecule has 0 bridgehead atoms. The van der Waals surface area contributed by atoms with E-state index >= 15 is 0 Å². The molecule has 1 saturated heterocycles. The fourth-order valence-corrected chi connectivity index (χ4v) is 9.57. The molecule has 1 unspecified atom stereocenters. The number of aromatic nitrogens is 1. The molecule has 4 aromatic carbocycles. The lowest BCUT2D eigenvalue weighted by molar-refractivity contribution is -0.124. The Morgan fingerprint density at radius 1 is 0.855 bits per heavy atom. The predicted octanol–water partition coefficient (Wildman–Crippen LogP) is 9.42. The van der Waals surface area contributed by atoms with E-state index in [9.17, 15) is 14.4 Å². The zero-order valence-corrected chi connectivity index (χ0v) is 37.9. The largest absolute Gasteiger partial charge is 0.487 e. The fourth-order valence-electron chi connectivity index (χ4n) is 8.30. The summed E-state index contributed by atoms with van der Waals surface area (Å²) in [6.45, 7) is 15.2. The van der Waals surface area contributed by atoms with Crippen LogP contribution in [0.15, 0.2) is 114 Å². The van der Waals surface area contributed by atoms with Gasteiger partial charge in [-0.15, -0.1) is 0 Å². The Kier molecular flexibility index (Phi) is 14.6. The minimum Gasteiger partial charge on any atom is -0.487 e. The topological polar surface area (TPSA) is 134 Å². The minimum absolute atomic E-state index is 0.0128. The van der Waals surface area contributed by atoms with Gasteiger partial charge in [-0.25, -0.2) is 4.79 Å². The lowest BCUT2D eigenvalue weighted by atomic mass is 10.0. The molecule has 2 heterocycles. The first-order valence-electron chi connectivity index (χ1n) is 22.2. The highest BCUT2D eigenvalue weighted by Crippen LogP contribution is 2.41. The molecule has 2 aliphatic rings. The van der Waals surface area contributed by atoms with Crippen molar-refractivity contribution in [2.45, 2.75) is 95.9 Å². The van der Waals surface area contributed by atoms with Crippen molar-refractivity contribution in [2.24, 2.45) is 5.92 Å². The maximum Gasteiger partial charge on any atom is 0.411 e. The summed E-state index contributed by atoms with van der Waals surface area (Å²) in [6, 6.07) is 35.3. The van der Waals surface area contributed by atoms with Crippen LogP contribution < -0.4 is 26.2 Å². The van der Waals surface area contributed by atoms with Gasteiger partial charge >= 0.3 is 6.09 Å². The molecular weight excluding hydrogens is 795 g/mol. The van der Waals surface area contributed by atoms with E-state index in [0.717, 1.165) is 85.1 Å². The average Bonchev–Trinajstić information content (AvgIpc) is 3.75. The van der Waals surface area contributed by atoms with E-state index in [1.807, 2.05) is 97.1 Å². The van der Waals surface area contributed by atoms with E-state index in [-0.39, 0.29) is 40.7 Å². The number of nitrogens with zero attached hydrogens (tertiary/aromatic N) is 1. The standard InChI is InChI=1S/C50H63N5O6Si/c1-50(2,3)62(4,5)61-45(41-22-24-44(47-42(41)23-25-46(56)54-47)59-34-35-14-8-6-9-15-35)33-52-38-21-20-37(32-38)48(57)51-28-31-55-29-26-39(27-30-55)60-49(58)53-43-19-13-12-18-40(43)36-16-10-7-11-17-36/h6-19,22-25,37-39,45,52H,20-21,26-34H2,1-5H3,(H,51,57)(H,53,58)(H,54,56)/t37-,38+,45?/m1/s1. The molecule has 0 radical (unpaired) electrons. The SMILES string of the molecule is CC(C)(C)[Si](C)(C)OC(CN[C@H]1CC[C@@H](C(=O)NCCN2CCC(OC(=O)Nc3ccccc3-c3ccccc3)CC2)C1)c1ccc(OCc2ccccc2)c2[nH]c(=O)ccc12. The lowest BCUT2D eigenvalue weighted by Crippen LogP contribution is -2.44. The fraction of sp³-hybridized carbons (Fsp3) is 0.420. The zero-order chi connectivity index (χ0) is 43.7. The van der Waals surface area contributed by atoms with Crippen LogP contribution in [0.25, 0.3) is 22.0 Å². The van der Waals surface area contributed by atoms with Crippen LogP contribution in [0.5, 0.6) is 5.75 Å². The summed E-state index contributed by atoms with van der Waals surface area (Å²) in [5.41, 5.74) is 5.22. The molecule has 12 heteroatoms. The minimum atomic E-state index is -2.23. The first-order valence-corrected chi connectivity index (χ1v) is 25.1. The zero-order valence-electron chi connectivity index (χ0n) is 36.9. The van der Waals surface area contributed by atoms with Crippen molar-refractivity contribution in [1.29, 1.82) is 0 Å². The molecule has 3 atom stereocenters. The maximum absolute atomic E-state index is 13.4. The molecule has 0 spiro atoms. The molecule has 1 aromatic heterocycles. The van der Waals surface area contributed by atoms with Gasteiger partial charge in [-0.05, 0) is 85.1 Å². The van der Waals surface area contributed by atoms with E-state index in [1.54, 1.807) is 6.07 Å². The van der Waals surface area contributed by atoms with Crippen LogP contribution in [0.2, 0.25) is 18.1 Å². The maximum atomic E-state index is 13.4. The molecule has 62 heavy (non-hydrogen) atoms. The number of piperidine rings is 1. The lowest BCUT2D eigenvalue weighted by Gasteiger charge is -2.40. The molecule has 328 valence electrons. The Morgan fingerprint density at radius 2 is 1.56 bits per heavy atom. The van der Waals surface area contributed by atoms with Gasteiger partial charge in [0.2, 0.25) is 11.5 Å². The number of aromatic amines is 1. The summed E-state index contributed by atoms with van der Waals surface area (Å²) in [4.78, 5) is 44.3. The summed E-state index contributed by atoms with van der Waals surface area (Å²) >= 11 is 0. The smallest absolute Gasteiger partial charge is 0.411 e. The number of rotatable bonds is 16. The van der Waals surface area contributed by atoms with Crippen molar-refractivity contribution in [3.8, 4) is 16.9 Å². The number of H-pyrrole nitrogens is 1. The first-order chi connectivity index (χ1) is 29.8. The number of para-hydroxylation sites is 1. The highest BCUT2D eigenvalue weighted by molar-refractivity contribution is 6.74. The van der Waals surface area contributed by atoms with Gasteiger partial charge in [0.1, 0.15) is 18.5 Å². The number of anilines is 1. The molecule has 1 aliphatic heterocycles. The molecule has 7 rings (SSSR count).